The van der Waals surface area contributed by atoms with E-state index in [1.54, 1.807) is 48.5 Å². The third-order valence-corrected chi connectivity index (χ3v) is 6.97. The van der Waals surface area contributed by atoms with Crippen LogP contribution in [0.3, 0.4) is 0 Å². The number of aryl methyl sites for hydroxylation is 1. The molecule has 0 aliphatic rings. The number of halogens is 1. The highest BCUT2D eigenvalue weighted by atomic mass is 79.9. The molecule has 0 unspecified atom stereocenters. The van der Waals surface area contributed by atoms with Gasteiger partial charge in [0.2, 0.25) is 11.8 Å². The Morgan fingerprint density at radius 3 is 2.36 bits per heavy atom. The number of carbonyl (C=O) groups excluding carboxylic acids is 3. The third-order valence-electron chi connectivity index (χ3n) is 5.31. The first-order valence-corrected chi connectivity index (χ1v) is 12.9. The molecule has 0 fully saturated rings. The van der Waals surface area contributed by atoms with E-state index in [0.717, 1.165) is 20.5 Å². The normalized spacial score (nSPS) is 10.8. The minimum atomic E-state index is -0.325. The van der Waals surface area contributed by atoms with E-state index in [4.69, 9.17) is 0 Å². The molecule has 0 bridgehead atoms. The molecule has 0 radical (unpaired) electrons. The summed E-state index contributed by atoms with van der Waals surface area (Å²) in [4.78, 5) is 39.5. The predicted molar refractivity (Wildman–Crippen MR) is 150 cm³/mol. The van der Waals surface area contributed by atoms with Crippen LogP contribution in [0.1, 0.15) is 31.9 Å². The summed E-state index contributed by atoms with van der Waals surface area (Å²) in [7, 11) is 0. The molecule has 0 aliphatic heterocycles. The Labute approximate surface area is 222 Å². The molecule has 180 valence electrons. The molecule has 3 aromatic carbocycles. The van der Waals surface area contributed by atoms with Crippen molar-refractivity contribution in [3.8, 4) is 0 Å². The van der Waals surface area contributed by atoms with Gasteiger partial charge in [0, 0.05) is 37.6 Å². The van der Waals surface area contributed by atoms with Crippen LogP contribution < -0.4 is 10.6 Å². The number of thiophene rings is 1. The summed E-state index contributed by atoms with van der Waals surface area (Å²) in [5.41, 5.74) is 3.61. The highest BCUT2D eigenvalue weighted by Crippen LogP contribution is 2.25. The topological polar surface area (TPSA) is 75.3 Å². The minimum absolute atomic E-state index is 0.182. The molecule has 0 saturated carbocycles. The van der Waals surface area contributed by atoms with Gasteiger partial charge in [0.1, 0.15) is 0 Å². The fourth-order valence-corrected chi connectivity index (χ4v) is 4.84. The molecular formula is C29H23BrN2O3S. The molecular weight excluding hydrogens is 536 g/mol. The first kappa shape index (κ1) is 25.3. The average Bonchev–Trinajstić information content (AvgIpc) is 3.30. The van der Waals surface area contributed by atoms with E-state index in [0.29, 0.717) is 22.5 Å². The number of anilines is 2. The zero-order valence-electron chi connectivity index (χ0n) is 19.5. The van der Waals surface area contributed by atoms with E-state index in [1.165, 1.54) is 17.4 Å². The Morgan fingerprint density at radius 1 is 0.917 bits per heavy atom. The van der Waals surface area contributed by atoms with Gasteiger partial charge >= 0.3 is 0 Å². The minimum Gasteiger partial charge on any atom is -0.325 e. The lowest BCUT2D eigenvalue weighted by molar-refractivity contribution is -0.115. The summed E-state index contributed by atoms with van der Waals surface area (Å²) < 4.78 is 0.955. The van der Waals surface area contributed by atoms with Gasteiger partial charge in [0.05, 0.1) is 12.1 Å². The van der Waals surface area contributed by atoms with Crippen molar-refractivity contribution in [2.45, 2.75) is 13.3 Å². The van der Waals surface area contributed by atoms with Gasteiger partial charge in [-0.05, 0) is 58.8 Å². The van der Waals surface area contributed by atoms with Gasteiger partial charge in [-0.15, -0.1) is 11.3 Å². The van der Waals surface area contributed by atoms with Crippen LogP contribution in [0.4, 0.5) is 11.4 Å². The van der Waals surface area contributed by atoms with Gasteiger partial charge in [-0.1, -0.05) is 60.2 Å². The number of hydrogen-bond acceptors (Lipinski definition) is 4. The highest BCUT2D eigenvalue weighted by molar-refractivity contribution is 9.10. The van der Waals surface area contributed by atoms with Crippen molar-refractivity contribution in [1.29, 1.82) is 0 Å². The molecule has 0 saturated heterocycles. The fraction of sp³-hybridized carbons (Fsp3) is 0.0690. The first-order chi connectivity index (χ1) is 17.4. The summed E-state index contributed by atoms with van der Waals surface area (Å²) in [6.07, 6.45) is 3.34. The van der Waals surface area contributed by atoms with E-state index in [2.05, 4.69) is 26.6 Å². The molecule has 5 nitrogen and oxygen atoms in total. The fourth-order valence-electron chi connectivity index (χ4n) is 3.51. The van der Waals surface area contributed by atoms with Gasteiger partial charge in [-0.3, -0.25) is 14.4 Å². The summed E-state index contributed by atoms with van der Waals surface area (Å²) >= 11 is 4.90. The van der Waals surface area contributed by atoms with E-state index in [9.17, 15) is 14.4 Å². The van der Waals surface area contributed by atoms with Crippen molar-refractivity contribution < 1.29 is 14.4 Å². The zero-order chi connectivity index (χ0) is 25.5. The van der Waals surface area contributed by atoms with Crippen molar-refractivity contribution >= 4 is 62.3 Å². The maximum Gasteiger partial charge on any atom is 0.248 e. The number of amides is 2. The SMILES string of the molecule is Cc1ccc(CC(=O)Nc2ccc(NC(=O)/C=C/c3cc(Br)cs3)cc2C(=O)c2ccccc2)cc1. The second-order valence-electron chi connectivity index (χ2n) is 8.16. The average molecular weight is 559 g/mol. The lowest BCUT2D eigenvalue weighted by Gasteiger charge is -2.13. The number of carbonyl (C=O) groups is 3. The van der Waals surface area contributed by atoms with Gasteiger partial charge < -0.3 is 10.6 Å². The Balaban J connectivity index is 1.55. The van der Waals surface area contributed by atoms with Crippen LogP contribution in [0.5, 0.6) is 0 Å². The summed E-state index contributed by atoms with van der Waals surface area (Å²) in [6, 6.07) is 23.4. The van der Waals surface area contributed by atoms with Crippen molar-refractivity contribution in [2.24, 2.45) is 0 Å². The molecule has 2 amide bonds. The Morgan fingerprint density at radius 2 is 1.67 bits per heavy atom. The molecule has 0 aliphatic carbocycles. The van der Waals surface area contributed by atoms with E-state index in [1.807, 2.05) is 48.7 Å². The van der Waals surface area contributed by atoms with Gasteiger partial charge in [-0.2, -0.15) is 0 Å². The largest absolute Gasteiger partial charge is 0.325 e. The molecule has 1 aromatic heterocycles. The van der Waals surface area contributed by atoms with Gasteiger partial charge in [-0.25, -0.2) is 0 Å². The maximum absolute atomic E-state index is 13.3. The quantitative estimate of drug-likeness (QED) is 0.183. The molecule has 0 atom stereocenters. The molecule has 0 spiro atoms. The monoisotopic (exact) mass is 558 g/mol. The third kappa shape index (κ3) is 6.87. The maximum atomic E-state index is 13.3. The standard InChI is InChI=1S/C29H23BrN2O3S/c1-19-7-9-20(10-8-19)15-28(34)32-26-13-11-23(17-25(26)29(35)21-5-3-2-4-6-21)31-27(33)14-12-24-16-22(30)18-36-24/h2-14,16-18H,15H2,1H3,(H,31,33)(H,32,34)/b14-12+. The lowest BCUT2D eigenvalue weighted by Crippen LogP contribution is -2.18. The predicted octanol–water partition coefficient (Wildman–Crippen LogP) is 6.88. The van der Waals surface area contributed by atoms with Crippen molar-refractivity contribution in [3.63, 3.8) is 0 Å². The highest BCUT2D eigenvalue weighted by Gasteiger charge is 2.17. The number of nitrogens with one attached hydrogen (secondary N) is 2. The first-order valence-electron chi connectivity index (χ1n) is 11.2. The second kappa shape index (κ2) is 11.7. The molecule has 7 heteroatoms. The smallest absolute Gasteiger partial charge is 0.248 e. The summed E-state index contributed by atoms with van der Waals surface area (Å²) in [5, 5.41) is 7.59. The van der Waals surface area contributed by atoms with Gasteiger partial charge in [0.15, 0.2) is 5.78 Å². The molecule has 2 N–H and O–H groups in total. The molecule has 1 heterocycles. The molecule has 4 rings (SSSR count). The van der Waals surface area contributed by atoms with Crippen molar-refractivity contribution in [1.82, 2.24) is 0 Å². The van der Waals surface area contributed by atoms with E-state index >= 15 is 0 Å². The Hall–Kier alpha value is -3.81. The molecule has 36 heavy (non-hydrogen) atoms. The Bertz CT molecular complexity index is 1430. The summed E-state index contributed by atoms with van der Waals surface area (Å²) in [6.45, 7) is 1.99. The van der Waals surface area contributed by atoms with Crippen molar-refractivity contribution in [3.05, 3.63) is 122 Å². The van der Waals surface area contributed by atoms with Crippen LogP contribution in [0, 0.1) is 6.92 Å². The van der Waals surface area contributed by atoms with Crippen LogP contribution >= 0.6 is 27.3 Å². The number of ketones is 1. The number of rotatable bonds is 8. The van der Waals surface area contributed by atoms with Crippen LogP contribution in [-0.2, 0) is 16.0 Å². The van der Waals surface area contributed by atoms with Crippen molar-refractivity contribution in [2.75, 3.05) is 10.6 Å². The van der Waals surface area contributed by atoms with Crippen LogP contribution in [0.2, 0.25) is 0 Å². The summed E-state index contributed by atoms with van der Waals surface area (Å²) in [5.74, 6) is -0.812. The lowest BCUT2D eigenvalue weighted by atomic mass is 10.0. The molecule has 4 aromatic rings. The Kier molecular flexibility index (Phi) is 8.25. The zero-order valence-corrected chi connectivity index (χ0v) is 21.9. The second-order valence-corrected chi connectivity index (χ2v) is 10.0. The van der Waals surface area contributed by atoms with Crippen LogP contribution in [0.15, 0.2) is 94.8 Å². The number of benzene rings is 3. The number of hydrogen-bond donors (Lipinski definition) is 2. The van der Waals surface area contributed by atoms with Crippen LogP contribution in [-0.4, -0.2) is 17.6 Å². The van der Waals surface area contributed by atoms with Crippen LogP contribution in [0.25, 0.3) is 6.08 Å². The van der Waals surface area contributed by atoms with E-state index < -0.39 is 0 Å². The van der Waals surface area contributed by atoms with E-state index in [-0.39, 0.29) is 24.0 Å². The van der Waals surface area contributed by atoms with Gasteiger partial charge in [0.25, 0.3) is 0 Å².